The first-order chi connectivity index (χ1) is 15.5. The van der Waals surface area contributed by atoms with Crippen LogP contribution in [0.1, 0.15) is 21.9 Å². The molecule has 2 heterocycles. The molecular formula is C23H23ClN6O2. The number of halogens is 1. The number of rotatable bonds is 7. The Morgan fingerprint density at radius 2 is 1.91 bits per heavy atom. The quantitative estimate of drug-likeness (QED) is 0.414. The van der Waals surface area contributed by atoms with Crippen molar-refractivity contribution >= 4 is 34.4 Å². The summed E-state index contributed by atoms with van der Waals surface area (Å²) >= 11 is 6.38. The molecule has 0 aliphatic carbocycles. The van der Waals surface area contributed by atoms with Gasteiger partial charge in [0.05, 0.1) is 28.9 Å². The Morgan fingerprint density at radius 1 is 1.09 bits per heavy atom. The van der Waals surface area contributed by atoms with Crippen LogP contribution in [-0.2, 0) is 0 Å². The Balaban J connectivity index is 1.51. The van der Waals surface area contributed by atoms with Gasteiger partial charge in [0.25, 0.3) is 5.91 Å². The molecule has 0 fully saturated rings. The highest BCUT2D eigenvalue weighted by Crippen LogP contribution is 2.28. The largest absolute Gasteiger partial charge is 0.497 e. The monoisotopic (exact) mass is 450 g/mol. The number of fused-ring (bicyclic) bond motifs is 1. The Kier molecular flexibility index (Phi) is 6.23. The number of benzene rings is 2. The summed E-state index contributed by atoms with van der Waals surface area (Å²) in [5.41, 5.74) is 2.75. The van der Waals surface area contributed by atoms with Gasteiger partial charge in [0.2, 0.25) is 0 Å². The number of amides is 1. The van der Waals surface area contributed by atoms with E-state index in [2.05, 4.69) is 25.7 Å². The molecule has 1 amide bonds. The average molecular weight is 451 g/mol. The van der Waals surface area contributed by atoms with Crippen LogP contribution in [0.15, 0.2) is 48.5 Å². The van der Waals surface area contributed by atoms with E-state index in [1.165, 1.54) is 0 Å². The van der Waals surface area contributed by atoms with E-state index in [0.29, 0.717) is 46.7 Å². The molecule has 0 saturated heterocycles. The van der Waals surface area contributed by atoms with E-state index in [-0.39, 0.29) is 5.91 Å². The zero-order valence-electron chi connectivity index (χ0n) is 18.0. The summed E-state index contributed by atoms with van der Waals surface area (Å²) in [7, 11) is 1.57. The number of hydrogen-bond acceptors (Lipinski definition) is 6. The summed E-state index contributed by atoms with van der Waals surface area (Å²) in [6.07, 6.45) is 0. The van der Waals surface area contributed by atoms with Crippen LogP contribution in [0.2, 0.25) is 5.02 Å². The van der Waals surface area contributed by atoms with E-state index in [1.54, 1.807) is 36.1 Å². The van der Waals surface area contributed by atoms with Crippen LogP contribution in [0, 0.1) is 13.8 Å². The van der Waals surface area contributed by atoms with Gasteiger partial charge in [-0.3, -0.25) is 4.79 Å². The number of aromatic nitrogens is 4. The maximum absolute atomic E-state index is 12.4. The van der Waals surface area contributed by atoms with Gasteiger partial charge in [-0.05, 0) is 44.2 Å². The van der Waals surface area contributed by atoms with Gasteiger partial charge in [0.15, 0.2) is 5.65 Å². The molecule has 2 aromatic carbocycles. The first-order valence-corrected chi connectivity index (χ1v) is 10.5. The van der Waals surface area contributed by atoms with E-state index in [0.717, 1.165) is 16.8 Å². The van der Waals surface area contributed by atoms with Crippen molar-refractivity contribution in [2.45, 2.75) is 13.8 Å². The Labute approximate surface area is 190 Å². The van der Waals surface area contributed by atoms with Gasteiger partial charge < -0.3 is 15.4 Å². The SMILES string of the molecule is COc1cccc(C(=O)NCCNc2nc(C)nc3c2c(C)nn3-c2ccccc2Cl)c1. The van der Waals surface area contributed by atoms with Gasteiger partial charge in [-0.25, -0.2) is 14.6 Å². The maximum atomic E-state index is 12.4. The third-order valence-corrected chi connectivity index (χ3v) is 5.25. The Bertz CT molecular complexity index is 1290. The average Bonchev–Trinajstić information content (AvgIpc) is 3.12. The van der Waals surface area contributed by atoms with Gasteiger partial charge in [0.1, 0.15) is 17.4 Å². The molecule has 164 valence electrons. The highest BCUT2D eigenvalue weighted by atomic mass is 35.5. The fraction of sp³-hybridized carbons (Fsp3) is 0.217. The molecule has 0 radical (unpaired) electrons. The number of carbonyl (C=O) groups excluding carboxylic acids is 1. The fourth-order valence-electron chi connectivity index (χ4n) is 3.43. The van der Waals surface area contributed by atoms with Crippen LogP contribution in [-0.4, -0.2) is 45.9 Å². The molecule has 2 aromatic heterocycles. The van der Waals surface area contributed by atoms with Gasteiger partial charge in [-0.15, -0.1) is 0 Å². The number of para-hydroxylation sites is 1. The first-order valence-electron chi connectivity index (χ1n) is 10.1. The minimum atomic E-state index is -0.169. The van der Waals surface area contributed by atoms with Gasteiger partial charge in [0, 0.05) is 18.7 Å². The van der Waals surface area contributed by atoms with Crippen LogP contribution in [0.4, 0.5) is 5.82 Å². The third kappa shape index (κ3) is 4.36. The van der Waals surface area contributed by atoms with Crippen molar-refractivity contribution in [3.8, 4) is 11.4 Å². The number of aryl methyl sites for hydroxylation is 2. The summed E-state index contributed by atoms with van der Waals surface area (Å²) < 4.78 is 6.90. The predicted molar refractivity (Wildman–Crippen MR) is 125 cm³/mol. The standard InChI is InChI=1S/C23H23ClN6O2/c1-14-20-21(25-11-12-26-23(31)16-7-6-8-17(13-16)32-3)27-15(2)28-22(20)30(29-14)19-10-5-4-9-18(19)24/h4-10,13H,11-12H2,1-3H3,(H,26,31)(H,25,27,28). The van der Waals surface area contributed by atoms with Crippen LogP contribution in [0.5, 0.6) is 5.75 Å². The first kappa shape index (κ1) is 21.6. The van der Waals surface area contributed by atoms with Gasteiger partial charge >= 0.3 is 0 Å². The molecule has 4 aromatic rings. The number of nitrogens with zero attached hydrogens (tertiary/aromatic N) is 4. The summed E-state index contributed by atoms with van der Waals surface area (Å²) in [5, 5.41) is 12.2. The molecule has 0 spiro atoms. The van der Waals surface area contributed by atoms with Crippen molar-refractivity contribution in [2.24, 2.45) is 0 Å². The highest BCUT2D eigenvalue weighted by Gasteiger charge is 2.17. The molecule has 0 atom stereocenters. The third-order valence-electron chi connectivity index (χ3n) is 4.93. The summed E-state index contributed by atoms with van der Waals surface area (Å²) in [6.45, 7) is 4.63. The smallest absolute Gasteiger partial charge is 0.251 e. The fourth-order valence-corrected chi connectivity index (χ4v) is 3.65. The van der Waals surface area contributed by atoms with Crippen molar-refractivity contribution in [1.29, 1.82) is 0 Å². The second-order valence-corrected chi connectivity index (χ2v) is 7.59. The molecule has 0 saturated carbocycles. The molecule has 0 aliphatic rings. The second-order valence-electron chi connectivity index (χ2n) is 7.18. The molecule has 4 rings (SSSR count). The summed E-state index contributed by atoms with van der Waals surface area (Å²) in [4.78, 5) is 21.5. The summed E-state index contributed by atoms with van der Waals surface area (Å²) in [6, 6.07) is 14.5. The van der Waals surface area contributed by atoms with Gasteiger partial charge in [-0.2, -0.15) is 5.10 Å². The van der Waals surface area contributed by atoms with Crippen molar-refractivity contribution < 1.29 is 9.53 Å². The lowest BCUT2D eigenvalue weighted by atomic mass is 10.2. The molecule has 2 N–H and O–H groups in total. The molecular weight excluding hydrogens is 428 g/mol. The summed E-state index contributed by atoms with van der Waals surface area (Å²) in [5.74, 6) is 1.74. The Hall–Kier alpha value is -3.65. The van der Waals surface area contributed by atoms with Gasteiger partial charge in [-0.1, -0.05) is 29.8 Å². The molecule has 0 unspecified atom stereocenters. The number of anilines is 1. The van der Waals surface area contributed by atoms with Crippen molar-refractivity contribution in [3.05, 3.63) is 70.6 Å². The number of hydrogen-bond donors (Lipinski definition) is 2. The van der Waals surface area contributed by atoms with E-state index < -0.39 is 0 Å². The van der Waals surface area contributed by atoms with Crippen LogP contribution >= 0.6 is 11.6 Å². The molecule has 0 bridgehead atoms. The Morgan fingerprint density at radius 3 is 2.69 bits per heavy atom. The van der Waals surface area contributed by atoms with E-state index in [1.807, 2.05) is 38.1 Å². The van der Waals surface area contributed by atoms with Crippen LogP contribution < -0.4 is 15.4 Å². The lowest BCUT2D eigenvalue weighted by Gasteiger charge is -2.10. The molecule has 9 heteroatoms. The number of carbonyl (C=O) groups is 1. The lowest BCUT2D eigenvalue weighted by molar-refractivity contribution is 0.0955. The molecule has 0 aliphatic heterocycles. The predicted octanol–water partition coefficient (Wildman–Crippen LogP) is 3.94. The number of ether oxygens (including phenoxy) is 1. The number of nitrogens with one attached hydrogen (secondary N) is 2. The second kappa shape index (κ2) is 9.23. The van der Waals surface area contributed by atoms with E-state index in [4.69, 9.17) is 16.3 Å². The molecule has 8 nitrogen and oxygen atoms in total. The van der Waals surface area contributed by atoms with Crippen LogP contribution in [0.25, 0.3) is 16.7 Å². The maximum Gasteiger partial charge on any atom is 0.251 e. The minimum absolute atomic E-state index is 0.169. The van der Waals surface area contributed by atoms with Crippen molar-refractivity contribution in [3.63, 3.8) is 0 Å². The van der Waals surface area contributed by atoms with Crippen molar-refractivity contribution in [2.75, 3.05) is 25.5 Å². The minimum Gasteiger partial charge on any atom is -0.497 e. The topological polar surface area (TPSA) is 94.0 Å². The molecule has 32 heavy (non-hydrogen) atoms. The zero-order valence-corrected chi connectivity index (χ0v) is 18.8. The van der Waals surface area contributed by atoms with Crippen LogP contribution in [0.3, 0.4) is 0 Å². The zero-order chi connectivity index (χ0) is 22.7. The lowest BCUT2D eigenvalue weighted by Crippen LogP contribution is -2.29. The highest BCUT2D eigenvalue weighted by molar-refractivity contribution is 6.32. The number of methoxy groups -OCH3 is 1. The van der Waals surface area contributed by atoms with E-state index >= 15 is 0 Å². The normalized spacial score (nSPS) is 10.9. The van der Waals surface area contributed by atoms with E-state index in [9.17, 15) is 4.79 Å². The van der Waals surface area contributed by atoms with Crippen molar-refractivity contribution in [1.82, 2.24) is 25.1 Å².